The number of rotatable bonds is 1. The molecular formula is C12H16OS. The molecule has 0 bridgehead atoms. The van der Waals surface area contributed by atoms with Crippen LogP contribution in [-0.2, 0) is 0 Å². The van der Waals surface area contributed by atoms with Gasteiger partial charge in [-0.3, -0.25) is 0 Å². The van der Waals surface area contributed by atoms with E-state index >= 15 is 0 Å². The number of aliphatic hydroxyl groups excluding tert-OH is 1. The van der Waals surface area contributed by atoms with E-state index in [0.29, 0.717) is 0 Å². The van der Waals surface area contributed by atoms with Crippen LogP contribution in [0.5, 0.6) is 0 Å². The normalized spacial score (nSPS) is 23.0. The molecule has 2 rings (SSSR count). The minimum absolute atomic E-state index is 0.230. The second-order valence-corrected chi connectivity index (χ2v) is 5.02. The summed E-state index contributed by atoms with van der Waals surface area (Å²) in [6.45, 7) is 2.15. The Hall–Kier alpha value is -0.600. The highest BCUT2D eigenvalue weighted by Gasteiger charge is 2.12. The van der Waals surface area contributed by atoms with Gasteiger partial charge < -0.3 is 5.11 Å². The van der Waals surface area contributed by atoms with Crippen molar-refractivity contribution in [1.29, 1.82) is 0 Å². The zero-order chi connectivity index (χ0) is 9.97. The first kappa shape index (κ1) is 9.94. The van der Waals surface area contributed by atoms with Gasteiger partial charge in [-0.25, -0.2) is 0 Å². The Morgan fingerprint density at radius 2 is 2.29 bits per heavy atom. The van der Waals surface area contributed by atoms with Gasteiger partial charge in [-0.05, 0) is 48.8 Å². The maximum Gasteiger partial charge on any atom is 0.0726 e. The van der Waals surface area contributed by atoms with E-state index in [1.165, 1.54) is 22.4 Å². The number of hydrogen-bond acceptors (Lipinski definition) is 2. The van der Waals surface area contributed by atoms with E-state index in [9.17, 15) is 5.11 Å². The zero-order valence-corrected chi connectivity index (χ0v) is 9.31. The Kier molecular flexibility index (Phi) is 3.04. The van der Waals surface area contributed by atoms with Gasteiger partial charge >= 0.3 is 0 Å². The van der Waals surface area contributed by atoms with Crippen LogP contribution in [0.15, 0.2) is 17.5 Å². The SMILES string of the molecule is Cc1sccc1C1=CC(O)CCCC1. The van der Waals surface area contributed by atoms with Crippen molar-refractivity contribution >= 4 is 16.9 Å². The number of allylic oxidation sites excluding steroid dienone is 1. The molecule has 0 spiro atoms. The van der Waals surface area contributed by atoms with Crippen LogP contribution < -0.4 is 0 Å². The summed E-state index contributed by atoms with van der Waals surface area (Å²) in [5, 5.41) is 11.8. The average molecular weight is 208 g/mol. The summed E-state index contributed by atoms with van der Waals surface area (Å²) >= 11 is 1.78. The van der Waals surface area contributed by atoms with Crippen LogP contribution in [0, 0.1) is 6.92 Å². The zero-order valence-electron chi connectivity index (χ0n) is 8.49. The standard InChI is InChI=1S/C12H16OS/c1-9-12(6-7-14-9)10-4-2-3-5-11(13)8-10/h6-8,11,13H,2-5H2,1H3. The number of hydrogen-bond donors (Lipinski definition) is 1. The van der Waals surface area contributed by atoms with E-state index in [4.69, 9.17) is 0 Å². The highest BCUT2D eigenvalue weighted by Crippen LogP contribution is 2.30. The highest BCUT2D eigenvalue weighted by molar-refractivity contribution is 7.10. The minimum atomic E-state index is -0.230. The molecule has 14 heavy (non-hydrogen) atoms. The molecule has 1 nitrogen and oxygen atoms in total. The Bertz CT molecular complexity index is 338. The van der Waals surface area contributed by atoms with Gasteiger partial charge in [-0.2, -0.15) is 0 Å². The Morgan fingerprint density at radius 1 is 1.43 bits per heavy atom. The van der Waals surface area contributed by atoms with Gasteiger partial charge in [0.05, 0.1) is 6.10 Å². The molecule has 1 unspecified atom stereocenters. The van der Waals surface area contributed by atoms with Gasteiger partial charge in [0.2, 0.25) is 0 Å². The van der Waals surface area contributed by atoms with Crippen molar-refractivity contribution in [2.24, 2.45) is 0 Å². The summed E-state index contributed by atoms with van der Waals surface area (Å²) in [5.74, 6) is 0. The molecule has 1 heterocycles. The van der Waals surface area contributed by atoms with E-state index in [1.54, 1.807) is 11.3 Å². The predicted molar refractivity (Wildman–Crippen MR) is 61.5 cm³/mol. The lowest BCUT2D eigenvalue weighted by atomic mass is 10.0. The summed E-state index contributed by atoms with van der Waals surface area (Å²) in [4.78, 5) is 1.37. The molecule has 1 aromatic rings. The van der Waals surface area contributed by atoms with E-state index in [1.807, 2.05) is 6.08 Å². The third kappa shape index (κ3) is 2.07. The predicted octanol–water partition coefficient (Wildman–Crippen LogP) is 3.37. The van der Waals surface area contributed by atoms with Crippen molar-refractivity contribution in [3.05, 3.63) is 28.0 Å². The van der Waals surface area contributed by atoms with Crippen LogP contribution in [0.3, 0.4) is 0 Å². The largest absolute Gasteiger partial charge is 0.389 e. The van der Waals surface area contributed by atoms with Crippen molar-refractivity contribution in [3.63, 3.8) is 0 Å². The molecule has 1 aliphatic carbocycles. The molecule has 0 aliphatic heterocycles. The van der Waals surface area contributed by atoms with Crippen LogP contribution in [-0.4, -0.2) is 11.2 Å². The highest BCUT2D eigenvalue weighted by atomic mass is 32.1. The first-order valence-corrected chi connectivity index (χ1v) is 6.08. The molecule has 0 radical (unpaired) electrons. The summed E-state index contributed by atoms with van der Waals surface area (Å²) in [6.07, 6.45) is 6.21. The fourth-order valence-corrected chi connectivity index (χ4v) is 2.74. The van der Waals surface area contributed by atoms with Gasteiger partial charge in [-0.15, -0.1) is 11.3 Å². The van der Waals surface area contributed by atoms with Gasteiger partial charge in [0, 0.05) is 4.88 Å². The van der Waals surface area contributed by atoms with Gasteiger partial charge in [0.15, 0.2) is 0 Å². The molecular weight excluding hydrogens is 192 g/mol. The Morgan fingerprint density at radius 3 is 3.00 bits per heavy atom. The molecule has 1 aliphatic rings. The molecule has 0 saturated carbocycles. The fourth-order valence-electron chi connectivity index (χ4n) is 2.01. The monoisotopic (exact) mass is 208 g/mol. The van der Waals surface area contributed by atoms with Crippen LogP contribution >= 0.6 is 11.3 Å². The van der Waals surface area contributed by atoms with Crippen molar-refractivity contribution < 1.29 is 5.11 Å². The second-order valence-electron chi connectivity index (χ2n) is 3.90. The van der Waals surface area contributed by atoms with Gasteiger partial charge in [0.1, 0.15) is 0 Å². The molecule has 1 N–H and O–H groups in total. The molecule has 2 heteroatoms. The van der Waals surface area contributed by atoms with Gasteiger partial charge in [-0.1, -0.05) is 12.5 Å². The second kappa shape index (κ2) is 4.28. The van der Waals surface area contributed by atoms with Gasteiger partial charge in [0.25, 0.3) is 0 Å². The van der Waals surface area contributed by atoms with Crippen molar-refractivity contribution in [2.45, 2.75) is 38.7 Å². The Labute approximate surface area is 89.1 Å². The lowest BCUT2D eigenvalue weighted by Gasteiger charge is -2.05. The maximum atomic E-state index is 9.68. The fraction of sp³-hybridized carbons (Fsp3) is 0.500. The third-order valence-electron chi connectivity index (χ3n) is 2.79. The lowest BCUT2D eigenvalue weighted by Crippen LogP contribution is -2.00. The number of aryl methyl sites for hydroxylation is 1. The summed E-state index contributed by atoms with van der Waals surface area (Å²) < 4.78 is 0. The van der Waals surface area contributed by atoms with Crippen LogP contribution in [0.4, 0.5) is 0 Å². The number of thiophene rings is 1. The molecule has 0 amide bonds. The third-order valence-corrected chi connectivity index (χ3v) is 3.64. The smallest absolute Gasteiger partial charge is 0.0726 e. The minimum Gasteiger partial charge on any atom is -0.389 e. The number of aliphatic hydroxyl groups is 1. The van der Waals surface area contributed by atoms with Crippen LogP contribution in [0.25, 0.3) is 5.57 Å². The Balaban J connectivity index is 2.28. The lowest BCUT2D eigenvalue weighted by molar-refractivity contribution is 0.211. The molecule has 1 atom stereocenters. The quantitative estimate of drug-likeness (QED) is 0.750. The van der Waals surface area contributed by atoms with E-state index < -0.39 is 0 Å². The first-order valence-electron chi connectivity index (χ1n) is 5.20. The molecule has 0 fully saturated rings. The van der Waals surface area contributed by atoms with E-state index in [2.05, 4.69) is 18.4 Å². The summed E-state index contributed by atoms with van der Waals surface area (Å²) in [6, 6.07) is 2.17. The topological polar surface area (TPSA) is 20.2 Å². The van der Waals surface area contributed by atoms with E-state index in [-0.39, 0.29) is 6.10 Å². The maximum absolute atomic E-state index is 9.68. The van der Waals surface area contributed by atoms with Crippen molar-refractivity contribution in [1.82, 2.24) is 0 Å². The molecule has 0 saturated heterocycles. The van der Waals surface area contributed by atoms with Crippen molar-refractivity contribution in [3.8, 4) is 0 Å². The van der Waals surface area contributed by atoms with Crippen LogP contribution in [0.2, 0.25) is 0 Å². The first-order chi connectivity index (χ1) is 6.77. The molecule has 0 aromatic carbocycles. The van der Waals surface area contributed by atoms with Crippen LogP contribution in [0.1, 0.15) is 36.1 Å². The average Bonchev–Trinajstić information content (AvgIpc) is 2.45. The van der Waals surface area contributed by atoms with E-state index in [0.717, 1.165) is 19.3 Å². The molecule has 76 valence electrons. The molecule has 1 aromatic heterocycles. The summed E-state index contributed by atoms with van der Waals surface area (Å²) in [7, 11) is 0. The summed E-state index contributed by atoms with van der Waals surface area (Å²) in [5.41, 5.74) is 2.68. The van der Waals surface area contributed by atoms with Crippen molar-refractivity contribution in [2.75, 3.05) is 0 Å².